The number of carbonyl (C=O) groups is 2. The Morgan fingerprint density at radius 3 is 1.32 bits per heavy atom. The smallest absolute Gasteiger partial charge is 0.227 e. The Kier molecular flexibility index (Phi) is 13.0. The standard InChI is InChI=1S/C32H46N2O4/c1-3-5-7-9-23-37-29-19-15-27(16-20-29)33-31(35)25-11-13-26(14-12-25)32(36)34-28-17-21-30(22-18-28)38-24-10-8-6-4-2/h15-22,25-26H,3-14,23-24H2,1-2H3,(H,33,35)(H,34,36). The topological polar surface area (TPSA) is 76.7 Å². The normalized spacial score (nSPS) is 17.0. The molecule has 2 aromatic rings. The van der Waals surface area contributed by atoms with Crippen LogP contribution in [0.5, 0.6) is 11.5 Å². The molecule has 0 bridgehead atoms. The second kappa shape index (κ2) is 16.7. The first kappa shape index (κ1) is 29.5. The lowest BCUT2D eigenvalue weighted by Crippen LogP contribution is -2.32. The Hall–Kier alpha value is -3.02. The predicted octanol–water partition coefficient (Wildman–Crippen LogP) is 7.99. The molecule has 0 radical (unpaired) electrons. The van der Waals surface area contributed by atoms with Gasteiger partial charge in [-0.15, -0.1) is 0 Å². The van der Waals surface area contributed by atoms with Crippen molar-refractivity contribution in [3.8, 4) is 11.5 Å². The van der Waals surface area contributed by atoms with Crippen LogP contribution in [0.4, 0.5) is 11.4 Å². The Labute approximate surface area is 228 Å². The minimum Gasteiger partial charge on any atom is -0.494 e. The van der Waals surface area contributed by atoms with Crippen LogP contribution in [0, 0.1) is 11.8 Å². The minimum atomic E-state index is -0.0673. The molecule has 38 heavy (non-hydrogen) atoms. The van der Waals surface area contributed by atoms with Gasteiger partial charge in [-0.3, -0.25) is 9.59 Å². The molecule has 208 valence electrons. The fourth-order valence-corrected chi connectivity index (χ4v) is 4.81. The fraction of sp³-hybridized carbons (Fsp3) is 0.562. The first-order chi connectivity index (χ1) is 18.6. The number of benzene rings is 2. The van der Waals surface area contributed by atoms with Crippen molar-refractivity contribution in [1.29, 1.82) is 0 Å². The molecule has 3 rings (SSSR count). The molecule has 2 N–H and O–H groups in total. The highest BCUT2D eigenvalue weighted by molar-refractivity contribution is 5.94. The van der Waals surface area contributed by atoms with Crippen molar-refractivity contribution in [2.75, 3.05) is 23.8 Å². The van der Waals surface area contributed by atoms with Crippen molar-refractivity contribution in [2.24, 2.45) is 11.8 Å². The Morgan fingerprint density at radius 1 is 0.605 bits per heavy atom. The molecule has 0 atom stereocenters. The van der Waals surface area contributed by atoms with Crippen molar-refractivity contribution in [3.05, 3.63) is 48.5 Å². The summed E-state index contributed by atoms with van der Waals surface area (Å²) in [6.45, 7) is 5.84. The van der Waals surface area contributed by atoms with E-state index in [1.165, 1.54) is 38.5 Å². The van der Waals surface area contributed by atoms with Gasteiger partial charge in [-0.25, -0.2) is 0 Å². The summed E-state index contributed by atoms with van der Waals surface area (Å²) in [5.41, 5.74) is 1.56. The lowest BCUT2D eigenvalue weighted by atomic mass is 9.81. The van der Waals surface area contributed by atoms with Gasteiger partial charge in [0.25, 0.3) is 0 Å². The SMILES string of the molecule is CCCCCCOc1ccc(NC(=O)C2CCC(C(=O)Nc3ccc(OCCCCCC)cc3)CC2)cc1. The highest BCUT2D eigenvalue weighted by Crippen LogP contribution is 2.31. The van der Waals surface area contributed by atoms with Crippen molar-refractivity contribution < 1.29 is 19.1 Å². The maximum atomic E-state index is 12.8. The quantitative estimate of drug-likeness (QED) is 0.219. The van der Waals surface area contributed by atoms with E-state index in [4.69, 9.17) is 9.47 Å². The lowest BCUT2D eigenvalue weighted by molar-refractivity contribution is -0.125. The van der Waals surface area contributed by atoms with Gasteiger partial charge in [0.1, 0.15) is 11.5 Å². The molecule has 1 fully saturated rings. The van der Waals surface area contributed by atoms with Gasteiger partial charge in [-0.1, -0.05) is 52.4 Å². The molecule has 0 spiro atoms. The fourth-order valence-electron chi connectivity index (χ4n) is 4.81. The Bertz CT molecular complexity index is 871. The third kappa shape index (κ3) is 10.4. The molecule has 2 aromatic carbocycles. The number of rotatable bonds is 16. The zero-order valence-corrected chi connectivity index (χ0v) is 23.3. The Morgan fingerprint density at radius 2 is 0.974 bits per heavy atom. The van der Waals surface area contributed by atoms with Crippen LogP contribution in [0.3, 0.4) is 0 Å². The van der Waals surface area contributed by atoms with Crippen LogP contribution in [0.15, 0.2) is 48.5 Å². The number of anilines is 2. The molecule has 6 heteroatoms. The van der Waals surface area contributed by atoms with Gasteiger partial charge in [0.05, 0.1) is 13.2 Å². The zero-order chi connectivity index (χ0) is 27.0. The molecule has 1 aliphatic rings. The van der Waals surface area contributed by atoms with Crippen molar-refractivity contribution >= 4 is 23.2 Å². The molecule has 1 aliphatic carbocycles. The molecule has 0 saturated heterocycles. The van der Waals surface area contributed by atoms with Crippen LogP contribution in [0.25, 0.3) is 0 Å². The third-order valence-electron chi connectivity index (χ3n) is 7.25. The zero-order valence-electron chi connectivity index (χ0n) is 23.3. The van der Waals surface area contributed by atoms with Crippen LogP contribution >= 0.6 is 0 Å². The Balaban J connectivity index is 1.34. The van der Waals surface area contributed by atoms with E-state index in [0.717, 1.165) is 48.9 Å². The molecule has 1 saturated carbocycles. The van der Waals surface area contributed by atoms with E-state index >= 15 is 0 Å². The van der Waals surface area contributed by atoms with Crippen molar-refractivity contribution in [3.63, 3.8) is 0 Å². The van der Waals surface area contributed by atoms with Crippen LogP contribution in [-0.2, 0) is 9.59 Å². The van der Waals surface area contributed by atoms with Crippen molar-refractivity contribution in [1.82, 2.24) is 0 Å². The third-order valence-corrected chi connectivity index (χ3v) is 7.25. The van der Waals surface area contributed by atoms with Gasteiger partial charge in [0.15, 0.2) is 0 Å². The maximum absolute atomic E-state index is 12.8. The maximum Gasteiger partial charge on any atom is 0.227 e. The van der Waals surface area contributed by atoms with Crippen molar-refractivity contribution in [2.45, 2.75) is 90.9 Å². The van der Waals surface area contributed by atoms with Crippen LogP contribution in [0.2, 0.25) is 0 Å². The number of nitrogens with one attached hydrogen (secondary N) is 2. The van der Waals surface area contributed by atoms with Gasteiger partial charge in [-0.05, 0) is 87.1 Å². The number of carbonyl (C=O) groups excluding carboxylic acids is 2. The van der Waals surface area contributed by atoms with E-state index in [-0.39, 0.29) is 23.7 Å². The number of ether oxygens (including phenoxy) is 2. The van der Waals surface area contributed by atoms with E-state index < -0.39 is 0 Å². The summed E-state index contributed by atoms with van der Waals surface area (Å²) >= 11 is 0. The lowest BCUT2D eigenvalue weighted by Gasteiger charge is -2.27. The average molecular weight is 523 g/mol. The first-order valence-electron chi connectivity index (χ1n) is 14.7. The molecular formula is C32H46N2O4. The minimum absolute atomic E-state index is 0.0300. The van der Waals surface area contributed by atoms with Crippen LogP contribution in [0.1, 0.15) is 90.9 Å². The molecule has 2 amide bonds. The first-order valence-corrected chi connectivity index (χ1v) is 14.7. The summed E-state index contributed by atoms with van der Waals surface area (Å²) in [5, 5.41) is 6.06. The van der Waals surface area contributed by atoms with Crippen LogP contribution in [-0.4, -0.2) is 25.0 Å². The van der Waals surface area contributed by atoms with Crippen LogP contribution < -0.4 is 20.1 Å². The highest BCUT2D eigenvalue weighted by Gasteiger charge is 2.30. The molecule has 0 unspecified atom stereocenters. The van der Waals surface area contributed by atoms with E-state index in [0.29, 0.717) is 25.7 Å². The summed E-state index contributed by atoms with van der Waals surface area (Å²) in [5.74, 6) is 1.58. The van der Waals surface area contributed by atoms with Gasteiger partial charge in [0, 0.05) is 23.2 Å². The van der Waals surface area contributed by atoms with Gasteiger partial charge >= 0.3 is 0 Å². The molecule has 0 aliphatic heterocycles. The summed E-state index contributed by atoms with van der Waals surface area (Å²) in [4.78, 5) is 25.6. The summed E-state index contributed by atoms with van der Waals surface area (Å²) < 4.78 is 11.6. The number of hydrogen-bond donors (Lipinski definition) is 2. The van der Waals surface area contributed by atoms with Gasteiger partial charge in [-0.2, -0.15) is 0 Å². The second-order valence-electron chi connectivity index (χ2n) is 10.4. The molecule has 0 aromatic heterocycles. The average Bonchev–Trinajstić information content (AvgIpc) is 2.94. The second-order valence-corrected chi connectivity index (χ2v) is 10.4. The number of unbranched alkanes of at least 4 members (excludes halogenated alkanes) is 6. The van der Waals surface area contributed by atoms with Gasteiger partial charge < -0.3 is 20.1 Å². The predicted molar refractivity (Wildman–Crippen MR) is 155 cm³/mol. The monoisotopic (exact) mass is 522 g/mol. The molecule has 6 nitrogen and oxygen atoms in total. The molecule has 0 heterocycles. The number of amides is 2. The largest absolute Gasteiger partial charge is 0.494 e. The molecular weight excluding hydrogens is 476 g/mol. The highest BCUT2D eigenvalue weighted by atomic mass is 16.5. The van der Waals surface area contributed by atoms with E-state index in [9.17, 15) is 9.59 Å². The summed E-state index contributed by atoms with van der Waals surface area (Å²) in [7, 11) is 0. The van der Waals surface area contributed by atoms with Gasteiger partial charge in [0.2, 0.25) is 11.8 Å². The number of hydrogen-bond acceptors (Lipinski definition) is 4. The summed E-state index contributed by atoms with van der Waals surface area (Å²) in [6, 6.07) is 15.2. The van der Waals surface area contributed by atoms with E-state index in [1.54, 1.807) is 0 Å². The van der Waals surface area contributed by atoms with E-state index in [2.05, 4.69) is 24.5 Å². The summed E-state index contributed by atoms with van der Waals surface area (Å²) in [6.07, 6.45) is 12.3. The van der Waals surface area contributed by atoms with E-state index in [1.807, 2.05) is 48.5 Å².